The summed E-state index contributed by atoms with van der Waals surface area (Å²) in [6.07, 6.45) is 0. The van der Waals surface area contributed by atoms with Gasteiger partial charge >= 0.3 is 0 Å². The molecule has 2 amide bonds. The van der Waals surface area contributed by atoms with Crippen LogP contribution in [0.5, 0.6) is 5.75 Å². The highest BCUT2D eigenvalue weighted by molar-refractivity contribution is 5.95. The molecule has 0 aliphatic carbocycles. The quantitative estimate of drug-likeness (QED) is 0.561. The molecule has 5 nitrogen and oxygen atoms in total. The lowest BCUT2D eigenvalue weighted by atomic mass is 9.87. The molecule has 0 saturated heterocycles. The zero-order chi connectivity index (χ0) is 23.1. The van der Waals surface area contributed by atoms with E-state index in [-0.39, 0.29) is 29.8 Å². The van der Waals surface area contributed by atoms with Crippen LogP contribution in [0, 0.1) is 0 Å². The Hall–Kier alpha value is -3.60. The molecule has 2 N–H and O–H groups in total. The zero-order valence-corrected chi connectivity index (χ0v) is 19.0. The molecule has 1 atom stereocenters. The predicted molar refractivity (Wildman–Crippen MR) is 127 cm³/mol. The molecule has 0 aromatic heterocycles. The fraction of sp³-hybridized carbons (Fsp3) is 0.259. The minimum atomic E-state index is -0.372. The van der Waals surface area contributed by atoms with E-state index in [2.05, 4.69) is 31.4 Å². The molecule has 0 fully saturated rings. The summed E-state index contributed by atoms with van der Waals surface area (Å²) in [5, 5.41) is 5.99. The van der Waals surface area contributed by atoms with Crippen molar-refractivity contribution in [3.8, 4) is 5.75 Å². The number of rotatable bonds is 7. The Morgan fingerprint density at radius 2 is 1.38 bits per heavy atom. The fourth-order valence-corrected chi connectivity index (χ4v) is 3.34. The normalized spacial score (nSPS) is 12.0. The minimum absolute atomic E-state index is 0.0269. The molecule has 1 unspecified atom stereocenters. The topological polar surface area (TPSA) is 67.4 Å². The van der Waals surface area contributed by atoms with E-state index in [4.69, 9.17) is 4.74 Å². The number of carbonyl (C=O) groups excluding carboxylic acids is 2. The lowest BCUT2D eigenvalue weighted by Crippen LogP contribution is -2.38. The van der Waals surface area contributed by atoms with Crippen molar-refractivity contribution in [1.82, 2.24) is 10.6 Å². The van der Waals surface area contributed by atoms with E-state index < -0.39 is 0 Å². The summed E-state index contributed by atoms with van der Waals surface area (Å²) in [4.78, 5) is 25.5. The number of nitrogens with one attached hydrogen (secondary N) is 2. The fourth-order valence-electron chi connectivity index (χ4n) is 3.34. The van der Waals surface area contributed by atoms with Crippen LogP contribution in [0.1, 0.15) is 58.7 Å². The van der Waals surface area contributed by atoms with Crippen LogP contribution in [-0.4, -0.2) is 25.5 Å². The van der Waals surface area contributed by atoms with Gasteiger partial charge in [-0.05, 0) is 52.9 Å². The van der Waals surface area contributed by atoms with E-state index in [1.54, 1.807) is 31.4 Å². The molecule has 3 rings (SSSR count). The number of amides is 2. The highest BCUT2D eigenvalue weighted by Crippen LogP contribution is 2.22. The van der Waals surface area contributed by atoms with Crippen molar-refractivity contribution in [3.05, 3.63) is 101 Å². The predicted octanol–water partition coefficient (Wildman–Crippen LogP) is 4.89. The number of ether oxygens (including phenoxy) is 1. The lowest BCUT2D eigenvalue weighted by molar-refractivity contribution is 0.0908. The first-order valence-electron chi connectivity index (χ1n) is 10.7. The molecule has 0 saturated carbocycles. The standard InChI is InChI=1S/C27H30N2O3/c1-27(2,3)22-14-10-20(11-15-22)25(30)28-18-24(19-8-6-5-7-9-19)29-26(31)21-12-16-23(32-4)17-13-21/h5-17,24H,18H2,1-4H3,(H,28,30)(H,29,31). The molecule has 0 spiro atoms. The van der Waals surface area contributed by atoms with Gasteiger partial charge in [-0.15, -0.1) is 0 Å². The molecular formula is C27H30N2O3. The second kappa shape index (κ2) is 10.1. The van der Waals surface area contributed by atoms with Gasteiger partial charge in [-0.25, -0.2) is 0 Å². The highest BCUT2D eigenvalue weighted by Gasteiger charge is 2.18. The van der Waals surface area contributed by atoms with E-state index in [1.807, 2.05) is 54.6 Å². The average molecular weight is 431 g/mol. The smallest absolute Gasteiger partial charge is 0.251 e. The minimum Gasteiger partial charge on any atom is -0.497 e. The van der Waals surface area contributed by atoms with Gasteiger partial charge in [0, 0.05) is 17.7 Å². The van der Waals surface area contributed by atoms with Gasteiger partial charge in [0.1, 0.15) is 5.75 Å². The Labute approximate surface area is 189 Å². The van der Waals surface area contributed by atoms with Gasteiger partial charge < -0.3 is 15.4 Å². The molecular weight excluding hydrogens is 400 g/mol. The Balaban J connectivity index is 1.70. The van der Waals surface area contributed by atoms with Crippen molar-refractivity contribution in [2.75, 3.05) is 13.7 Å². The van der Waals surface area contributed by atoms with Crippen LogP contribution in [0.25, 0.3) is 0 Å². The molecule has 5 heteroatoms. The van der Waals surface area contributed by atoms with Gasteiger partial charge in [-0.1, -0.05) is 63.2 Å². The molecule has 0 radical (unpaired) electrons. The maximum absolute atomic E-state index is 12.8. The molecule has 32 heavy (non-hydrogen) atoms. The van der Waals surface area contributed by atoms with Gasteiger partial charge in [0.15, 0.2) is 0 Å². The van der Waals surface area contributed by atoms with Crippen LogP contribution >= 0.6 is 0 Å². The molecule has 0 heterocycles. The summed E-state index contributed by atoms with van der Waals surface area (Å²) in [7, 11) is 1.58. The third kappa shape index (κ3) is 5.97. The monoisotopic (exact) mass is 430 g/mol. The Morgan fingerprint density at radius 1 is 0.812 bits per heavy atom. The number of hydrogen-bond donors (Lipinski definition) is 2. The first-order chi connectivity index (χ1) is 15.3. The van der Waals surface area contributed by atoms with Crippen molar-refractivity contribution >= 4 is 11.8 Å². The third-order valence-corrected chi connectivity index (χ3v) is 5.34. The molecule has 0 aliphatic heterocycles. The van der Waals surface area contributed by atoms with E-state index in [0.29, 0.717) is 16.9 Å². The van der Waals surface area contributed by atoms with Gasteiger partial charge in [0.05, 0.1) is 13.2 Å². The molecule has 166 valence electrons. The van der Waals surface area contributed by atoms with Crippen molar-refractivity contribution in [2.24, 2.45) is 0 Å². The van der Waals surface area contributed by atoms with Crippen LogP contribution < -0.4 is 15.4 Å². The maximum atomic E-state index is 12.8. The first kappa shape index (κ1) is 23.1. The Kier molecular flexibility index (Phi) is 7.31. The Bertz CT molecular complexity index is 1040. The molecule has 0 bridgehead atoms. The van der Waals surface area contributed by atoms with Gasteiger partial charge in [-0.3, -0.25) is 9.59 Å². The maximum Gasteiger partial charge on any atom is 0.251 e. The van der Waals surface area contributed by atoms with Crippen LogP contribution in [0.15, 0.2) is 78.9 Å². The SMILES string of the molecule is COc1ccc(C(=O)NC(CNC(=O)c2ccc(C(C)(C)C)cc2)c2ccccc2)cc1. The summed E-state index contributed by atoms with van der Waals surface area (Å²) in [6.45, 7) is 6.68. The van der Waals surface area contributed by atoms with Crippen LogP contribution in [0.3, 0.4) is 0 Å². The highest BCUT2D eigenvalue weighted by atomic mass is 16.5. The van der Waals surface area contributed by atoms with E-state index in [0.717, 1.165) is 5.56 Å². The van der Waals surface area contributed by atoms with Gasteiger partial charge in [-0.2, -0.15) is 0 Å². The van der Waals surface area contributed by atoms with Crippen molar-refractivity contribution in [3.63, 3.8) is 0 Å². The van der Waals surface area contributed by atoms with Crippen molar-refractivity contribution < 1.29 is 14.3 Å². The molecule has 3 aromatic carbocycles. The van der Waals surface area contributed by atoms with Crippen molar-refractivity contribution in [1.29, 1.82) is 0 Å². The third-order valence-electron chi connectivity index (χ3n) is 5.34. The number of carbonyl (C=O) groups is 2. The van der Waals surface area contributed by atoms with Crippen molar-refractivity contribution in [2.45, 2.75) is 32.2 Å². The summed E-state index contributed by atoms with van der Waals surface area (Å²) < 4.78 is 5.15. The van der Waals surface area contributed by atoms with E-state index >= 15 is 0 Å². The largest absolute Gasteiger partial charge is 0.497 e. The van der Waals surface area contributed by atoms with Gasteiger partial charge in [0.2, 0.25) is 0 Å². The Morgan fingerprint density at radius 3 is 1.94 bits per heavy atom. The van der Waals surface area contributed by atoms with E-state index in [1.165, 1.54) is 5.56 Å². The van der Waals surface area contributed by atoms with E-state index in [9.17, 15) is 9.59 Å². The van der Waals surface area contributed by atoms with Crippen LogP contribution in [0.4, 0.5) is 0 Å². The molecule has 3 aromatic rings. The van der Waals surface area contributed by atoms with Crippen LogP contribution in [0.2, 0.25) is 0 Å². The first-order valence-corrected chi connectivity index (χ1v) is 10.7. The average Bonchev–Trinajstić information content (AvgIpc) is 2.81. The summed E-state index contributed by atoms with van der Waals surface area (Å²) in [5.41, 5.74) is 3.22. The second-order valence-corrected chi connectivity index (χ2v) is 8.70. The molecule has 0 aliphatic rings. The summed E-state index contributed by atoms with van der Waals surface area (Å²) in [5.74, 6) is 0.293. The zero-order valence-electron chi connectivity index (χ0n) is 19.0. The number of methoxy groups -OCH3 is 1. The second-order valence-electron chi connectivity index (χ2n) is 8.70. The van der Waals surface area contributed by atoms with Crippen LogP contribution in [-0.2, 0) is 5.41 Å². The summed E-state index contributed by atoms with van der Waals surface area (Å²) in [6, 6.07) is 23.8. The summed E-state index contributed by atoms with van der Waals surface area (Å²) >= 11 is 0. The lowest BCUT2D eigenvalue weighted by Gasteiger charge is -2.21. The number of benzene rings is 3. The van der Waals surface area contributed by atoms with Gasteiger partial charge in [0.25, 0.3) is 11.8 Å². The number of hydrogen-bond acceptors (Lipinski definition) is 3.